The Bertz CT molecular complexity index is 1010. The maximum absolute atomic E-state index is 12.4. The zero-order valence-corrected chi connectivity index (χ0v) is 16.9. The SMILES string of the molecule is O=C(Cn1nnc(-c2ccc(Br)cc2)n1)Nc1cc2c(cc1Cl)OCCCO2. The van der Waals surface area contributed by atoms with E-state index in [4.69, 9.17) is 21.1 Å². The number of amides is 1. The van der Waals surface area contributed by atoms with Gasteiger partial charge in [0.1, 0.15) is 6.54 Å². The van der Waals surface area contributed by atoms with Crippen LogP contribution in [0.4, 0.5) is 5.69 Å². The number of carbonyl (C=O) groups is 1. The number of anilines is 1. The number of nitrogens with one attached hydrogen (secondary N) is 1. The quantitative estimate of drug-likeness (QED) is 0.635. The van der Waals surface area contributed by atoms with Crippen LogP contribution in [-0.4, -0.2) is 39.3 Å². The first kappa shape index (κ1) is 18.7. The Labute approximate surface area is 173 Å². The molecule has 1 aliphatic rings. The Kier molecular flexibility index (Phi) is 5.45. The second-order valence-corrected chi connectivity index (χ2v) is 7.35. The van der Waals surface area contributed by atoms with Gasteiger partial charge in [0.2, 0.25) is 11.7 Å². The predicted molar refractivity (Wildman–Crippen MR) is 107 cm³/mol. The van der Waals surface area contributed by atoms with Crippen LogP contribution in [0.5, 0.6) is 11.5 Å². The maximum atomic E-state index is 12.4. The standard InChI is InChI=1S/C18H15BrClN5O3/c19-12-4-2-11(3-5-12)18-22-24-25(23-18)10-17(26)21-14-9-16-15(8-13(14)20)27-6-1-7-28-16/h2-5,8-9H,1,6-7,10H2,(H,21,26). The minimum absolute atomic E-state index is 0.103. The molecule has 2 heterocycles. The lowest BCUT2D eigenvalue weighted by atomic mass is 10.2. The molecule has 1 N–H and O–H groups in total. The molecule has 0 bridgehead atoms. The molecule has 0 saturated carbocycles. The highest BCUT2D eigenvalue weighted by Gasteiger charge is 2.16. The Morgan fingerprint density at radius 1 is 1.18 bits per heavy atom. The van der Waals surface area contributed by atoms with Gasteiger partial charge in [0.05, 0.1) is 23.9 Å². The highest BCUT2D eigenvalue weighted by molar-refractivity contribution is 9.10. The third kappa shape index (κ3) is 4.26. The summed E-state index contributed by atoms with van der Waals surface area (Å²) in [5, 5.41) is 15.3. The van der Waals surface area contributed by atoms with Gasteiger partial charge in [0.15, 0.2) is 11.5 Å². The summed E-state index contributed by atoms with van der Waals surface area (Å²) >= 11 is 9.63. The molecule has 0 atom stereocenters. The van der Waals surface area contributed by atoms with Crippen molar-refractivity contribution in [3.8, 4) is 22.9 Å². The number of tetrazole rings is 1. The van der Waals surface area contributed by atoms with Gasteiger partial charge in [-0.15, -0.1) is 10.2 Å². The molecule has 3 aromatic rings. The van der Waals surface area contributed by atoms with Gasteiger partial charge in [-0.2, -0.15) is 4.80 Å². The number of hydrogen-bond donors (Lipinski definition) is 1. The van der Waals surface area contributed by atoms with Crippen LogP contribution in [0.15, 0.2) is 40.9 Å². The third-order valence-corrected chi connectivity index (χ3v) is 4.79. The topological polar surface area (TPSA) is 91.2 Å². The zero-order chi connectivity index (χ0) is 19.5. The van der Waals surface area contributed by atoms with Crippen molar-refractivity contribution < 1.29 is 14.3 Å². The van der Waals surface area contributed by atoms with Crippen LogP contribution in [0.3, 0.4) is 0 Å². The molecule has 28 heavy (non-hydrogen) atoms. The largest absolute Gasteiger partial charge is 0.490 e. The molecule has 144 valence electrons. The van der Waals surface area contributed by atoms with Crippen molar-refractivity contribution >= 4 is 39.1 Å². The lowest BCUT2D eigenvalue weighted by molar-refractivity contribution is -0.117. The number of nitrogens with zero attached hydrogens (tertiary/aromatic N) is 4. The highest BCUT2D eigenvalue weighted by Crippen LogP contribution is 2.37. The van der Waals surface area contributed by atoms with E-state index in [0.717, 1.165) is 16.5 Å². The molecule has 0 aliphatic carbocycles. The summed E-state index contributed by atoms with van der Waals surface area (Å²) < 4.78 is 12.2. The molecule has 8 nitrogen and oxygen atoms in total. The molecular weight excluding hydrogens is 450 g/mol. The van der Waals surface area contributed by atoms with Crippen LogP contribution in [-0.2, 0) is 11.3 Å². The number of fused-ring (bicyclic) bond motifs is 1. The van der Waals surface area contributed by atoms with Crippen LogP contribution < -0.4 is 14.8 Å². The van der Waals surface area contributed by atoms with E-state index in [1.54, 1.807) is 12.1 Å². The van der Waals surface area contributed by atoms with E-state index in [2.05, 4.69) is 36.7 Å². The number of ether oxygens (including phenoxy) is 2. The maximum Gasteiger partial charge on any atom is 0.248 e. The van der Waals surface area contributed by atoms with Crippen molar-refractivity contribution in [2.45, 2.75) is 13.0 Å². The summed E-state index contributed by atoms with van der Waals surface area (Å²) in [6, 6.07) is 10.8. The number of aromatic nitrogens is 4. The molecule has 1 aromatic heterocycles. The lowest BCUT2D eigenvalue weighted by Gasteiger charge is -2.12. The Hall–Kier alpha value is -2.65. The normalized spacial score (nSPS) is 13.1. The number of halogens is 2. The van der Waals surface area contributed by atoms with Crippen molar-refractivity contribution in [3.05, 3.63) is 45.9 Å². The molecule has 1 aliphatic heterocycles. The second-order valence-electron chi connectivity index (χ2n) is 6.03. The van der Waals surface area contributed by atoms with E-state index in [0.29, 0.717) is 41.2 Å². The van der Waals surface area contributed by atoms with Crippen LogP contribution in [0.1, 0.15) is 6.42 Å². The van der Waals surface area contributed by atoms with E-state index in [9.17, 15) is 4.79 Å². The first-order valence-electron chi connectivity index (χ1n) is 8.51. The molecule has 0 radical (unpaired) electrons. The van der Waals surface area contributed by atoms with Crippen LogP contribution >= 0.6 is 27.5 Å². The molecule has 0 fully saturated rings. The van der Waals surface area contributed by atoms with Crippen LogP contribution in [0.2, 0.25) is 5.02 Å². The molecule has 0 unspecified atom stereocenters. The Morgan fingerprint density at radius 3 is 2.64 bits per heavy atom. The van der Waals surface area contributed by atoms with Gasteiger partial charge in [-0.3, -0.25) is 4.79 Å². The van der Waals surface area contributed by atoms with Crippen molar-refractivity contribution in [2.24, 2.45) is 0 Å². The van der Waals surface area contributed by atoms with Gasteiger partial charge >= 0.3 is 0 Å². The Balaban J connectivity index is 1.45. The predicted octanol–water partition coefficient (Wildman–Crippen LogP) is 3.56. The molecule has 0 saturated heterocycles. The summed E-state index contributed by atoms with van der Waals surface area (Å²) in [6.45, 7) is 1.01. The van der Waals surface area contributed by atoms with Crippen LogP contribution in [0.25, 0.3) is 11.4 Å². The van der Waals surface area contributed by atoms with E-state index in [1.807, 2.05) is 24.3 Å². The first-order valence-corrected chi connectivity index (χ1v) is 9.68. The van der Waals surface area contributed by atoms with Crippen LogP contribution in [0, 0.1) is 0 Å². The average Bonchev–Trinajstić information content (AvgIpc) is 3.01. The molecule has 4 rings (SSSR count). The van der Waals surface area contributed by atoms with Gasteiger partial charge in [-0.05, 0) is 29.5 Å². The van der Waals surface area contributed by atoms with Crippen molar-refractivity contribution in [1.82, 2.24) is 20.2 Å². The van der Waals surface area contributed by atoms with E-state index in [-0.39, 0.29) is 12.5 Å². The van der Waals surface area contributed by atoms with E-state index >= 15 is 0 Å². The number of hydrogen-bond acceptors (Lipinski definition) is 6. The van der Waals surface area contributed by atoms with E-state index < -0.39 is 0 Å². The van der Waals surface area contributed by atoms with Crippen molar-refractivity contribution in [3.63, 3.8) is 0 Å². The van der Waals surface area contributed by atoms with Gasteiger partial charge in [-0.25, -0.2) is 0 Å². The summed E-state index contributed by atoms with van der Waals surface area (Å²) in [7, 11) is 0. The summed E-state index contributed by atoms with van der Waals surface area (Å²) in [4.78, 5) is 13.6. The number of rotatable bonds is 4. The van der Waals surface area contributed by atoms with Gasteiger partial charge in [0, 0.05) is 28.6 Å². The molecule has 1 amide bonds. The fourth-order valence-electron chi connectivity index (χ4n) is 2.62. The number of carbonyl (C=O) groups excluding carboxylic acids is 1. The molecule has 2 aromatic carbocycles. The summed E-state index contributed by atoms with van der Waals surface area (Å²) in [5.41, 5.74) is 1.24. The summed E-state index contributed by atoms with van der Waals surface area (Å²) in [6.07, 6.45) is 0.784. The minimum Gasteiger partial charge on any atom is -0.490 e. The fraction of sp³-hybridized carbons (Fsp3) is 0.222. The monoisotopic (exact) mass is 463 g/mol. The molecule has 10 heteroatoms. The molecular formula is C18H15BrClN5O3. The van der Waals surface area contributed by atoms with Gasteiger partial charge in [-0.1, -0.05) is 27.5 Å². The third-order valence-electron chi connectivity index (χ3n) is 3.95. The van der Waals surface area contributed by atoms with Gasteiger partial charge in [0.25, 0.3) is 0 Å². The Morgan fingerprint density at radius 2 is 1.89 bits per heavy atom. The lowest BCUT2D eigenvalue weighted by Crippen LogP contribution is -2.20. The smallest absolute Gasteiger partial charge is 0.248 e. The minimum atomic E-state index is -0.337. The molecule has 0 spiro atoms. The number of benzene rings is 2. The second kappa shape index (κ2) is 8.15. The fourth-order valence-corrected chi connectivity index (χ4v) is 3.09. The zero-order valence-electron chi connectivity index (χ0n) is 14.6. The van der Waals surface area contributed by atoms with Crippen molar-refractivity contribution in [1.29, 1.82) is 0 Å². The average molecular weight is 465 g/mol. The van der Waals surface area contributed by atoms with Crippen molar-refractivity contribution in [2.75, 3.05) is 18.5 Å². The van der Waals surface area contributed by atoms with Gasteiger partial charge < -0.3 is 14.8 Å². The first-order chi connectivity index (χ1) is 13.6. The highest BCUT2D eigenvalue weighted by atomic mass is 79.9. The summed E-state index contributed by atoms with van der Waals surface area (Å²) in [5.74, 6) is 1.22. The van der Waals surface area contributed by atoms with E-state index in [1.165, 1.54) is 4.80 Å².